The summed E-state index contributed by atoms with van der Waals surface area (Å²) >= 11 is 0. The number of furan rings is 1. The lowest BCUT2D eigenvalue weighted by atomic mass is 9.99. The molecule has 3 aromatic rings. The van der Waals surface area contributed by atoms with E-state index in [4.69, 9.17) is 4.42 Å². The lowest BCUT2D eigenvalue weighted by Crippen LogP contribution is -2.00. The molecule has 0 spiro atoms. The fraction of sp³-hybridized carbons (Fsp3) is 0.133. The van der Waals surface area contributed by atoms with E-state index in [0.29, 0.717) is 5.76 Å². The van der Waals surface area contributed by atoms with E-state index < -0.39 is 6.10 Å². The Morgan fingerprint density at radius 2 is 2.11 bits per heavy atom. The van der Waals surface area contributed by atoms with Crippen LogP contribution in [0.25, 0.3) is 10.8 Å². The van der Waals surface area contributed by atoms with Crippen LogP contribution in [0.5, 0.6) is 0 Å². The maximum Gasteiger partial charge on any atom is 0.139 e. The van der Waals surface area contributed by atoms with Crippen molar-refractivity contribution in [1.82, 2.24) is 4.98 Å². The van der Waals surface area contributed by atoms with E-state index in [1.165, 1.54) is 0 Å². The molecule has 3 heteroatoms. The molecule has 1 aromatic carbocycles. The molecule has 1 N–H and O–H groups in total. The first kappa shape index (κ1) is 11.0. The van der Waals surface area contributed by atoms with Crippen molar-refractivity contribution < 1.29 is 9.52 Å². The van der Waals surface area contributed by atoms with Gasteiger partial charge in [0.2, 0.25) is 0 Å². The van der Waals surface area contributed by atoms with Gasteiger partial charge in [0.05, 0.1) is 6.26 Å². The van der Waals surface area contributed by atoms with Crippen molar-refractivity contribution in [3.8, 4) is 0 Å². The second-order valence-electron chi connectivity index (χ2n) is 4.31. The third-order valence-corrected chi connectivity index (χ3v) is 3.16. The van der Waals surface area contributed by atoms with Gasteiger partial charge in [-0.1, -0.05) is 18.2 Å². The van der Waals surface area contributed by atoms with Gasteiger partial charge in [0.25, 0.3) is 0 Å². The second-order valence-corrected chi connectivity index (χ2v) is 4.31. The van der Waals surface area contributed by atoms with Crippen molar-refractivity contribution in [3.05, 3.63) is 65.9 Å². The van der Waals surface area contributed by atoms with Crippen LogP contribution in [-0.4, -0.2) is 10.1 Å². The van der Waals surface area contributed by atoms with Crippen LogP contribution in [0.2, 0.25) is 0 Å². The third kappa shape index (κ3) is 1.69. The highest BCUT2D eigenvalue weighted by atomic mass is 16.4. The normalized spacial score (nSPS) is 12.8. The molecule has 0 bridgehead atoms. The average molecular weight is 239 g/mol. The smallest absolute Gasteiger partial charge is 0.139 e. The van der Waals surface area contributed by atoms with Gasteiger partial charge in [-0.2, -0.15) is 0 Å². The highest BCUT2D eigenvalue weighted by Crippen LogP contribution is 2.30. The van der Waals surface area contributed by atoms with Gasteiger partial charge in [-0.15, -0.1) is 0 Å². The fourth-order valence-corrected chi connectivity index (χ4v) is 2.19. The number of nitrogens with zero attached hydrogens (tertiary/aromatic N) is 1. The molecule has 0 amide bonds. The Bertz CT molecular complexity index is 682. The lowest BCUT2D eigenvalue weighted by molar-refractivity contribution is 0.190. The van der Waals surface area contributed by atoms with E-state index in [0.717, 1.165) is 21.9 Å². The van der Waals surface area contributed by atoms with Gasteiger partial charge in [0.15, 0.2) is 0 Å². The Hall–Kier alpha value is -2.13. The van der Waals surface area contributed by atoms with Crippen LogP contribution in [0.3, 0.4) is 0 Å². The number of fused-ring (bicyclic) bond motifs is 1. The van der Waals surface area contributed by atoms with E-state index in [-0.39, 0.29) is 0 Å². The first-order valence-electron chi connectivity index (χ1n) is 5.82. The molecule has 90 valence electrons. The zero-order valence-electron chi connectivity index (χ0n) is 10.00. The molecule has 0 radical (unpaired) electrons. The summed E-state index contributed by atoms with van der Waals surface area (Å²) in [6.45, 7) is 1.93. The van der Waals surface area contributed by atoms with Crippen molar-refractivity contribution in [2.24, 2.45) is 0 Å². The number of hydrogen-bond acceptors (Lipinski definition) is 3. The monoisotopic (exact) mass is 239 g/mol. The summed E-state index contributed by atoms with van der Waals surface area (Å²) in [7, 11) is 0. The molecular formula is C15H13NO2. The highest BCUT2D eigenvalue weighted by molar-refractivity contribution is 5.85. The van der Waals surface area contributed by atoms with Crippen molar-refractivity contribution in [2.75, 3.05) is 0 Å². The molecule has 0 aliphatic heterocycles. The van der Waals surface area contributed by atoms with Gasteiger partial charge in [-0.25, -0.2) is 0 Å². The molecule has 0 fully saturated rings. The Balaban J connectivity index is 2.18. The Morgan fingerprint density at radius 1 is 1.22 bits per heavy atom. The quantitative estimate of drug-likeness (QED) is 0.746. The van der Waals surface area contributed by atoms with E-state index in [9.17, 15) is 5.11 Å². The number of benzene rings is 1. The van der Waals surface area contributed by atoms with Crippen LogP contribution in [0, 0.1) is 6.92 Å². The summed E-state index contributed by atoms with van der Waals surface area (Å²) in [5.74, 6) is 0.597. The summed E-state index contributed by atoms with van der Waals surface area (Å²) in [5.41, 5.74) is 1.79. The van der Waals surface area contributed by atoms with Gasteiger partial charge in [-0.05, 0) is 35.6 Å². The van der Waals surface area contributed by atoms with Gasteiger partial charge < -0.3 is 9.52 Å². The van der Waals surface area contributed by atoms with E-state index in [1.54, 1.807) is 18.7 Å². The summed E-state index contributed by atoms with van der Waals surface area (Å²) < 4.78 is 5.36. The van der Waals surface area contributed by atoms with E-state index in [1.807, 2.05) is 37.3 Å². The van der Waals surface area contributed by atoms with Gasteiger partial charge in [0, 0.05) is 17.8 Å². The number of aryl methyl sites for hydroxylation is 1. The maximum atomic E-state index is 10.4. The van der Waals surface area contributed by atoms with Crippen LogP contribution in [-0.2, 0) is 0 Å². The maximum absolute atomic E-state index is 10.4. The zero-order chi connectivity index (χ0) is 12.5. The number of rotatable bonds is 2. The number of pyridine rings is 1. The minimum Gasteiger partial charge on any atom is -0.466 e. The molecule has 1 atom stereocenters. The summed E-state index contributed by atoms with van der Waals surface area (Å²) in [6, 6.07) is 9.57. The van der Waals surface area contributed by atoms with Crippen LogP contribution in [0.1, 0.15) is 23.0 Å². The van der Waals surface area contributed by atoms with Crippen molar-refractivity contribution in [3.63, 3.8) is 0 Å². The van der Waals surface area contributed by atoms with Crippen molar-refractivity contribution in [1.29, 1.82) is 0 Å². The first-order chi connectivity index (χ1) is 8.77. The molecular weight excluding hydrogens is 226 g/mol. The molecule has 0 saturated carbocycles. The Morgan fingerprint density at radius 3 is 2.89 bits per heavy atom. The number of aromatic nitrogens is 1. The zero-order valence-corrected chi connectivity index (χ0v) is 10.00. The fourth-order valence-electron chi connectivity index (χ4n) is 2.19. The third-order valence-electron chi connectivity index (χ3n) is 3.16. The minimum absolute atomic E-state index is 0.597. The molecule has 0 aliphatic carbocycles. The highest BCUT2D eigenvalue weighted by Gasteiger charge is 2.18. The Kier molecular flexibility index (Phi) is 2.61. The molecule has 3 rings (SSSR count). The topological polar surface area (TPSA) is 46.3 Å². The molecule has 0 aliphatic rings. The first-order valence-corrected chi connectivity index (χ1v) is 5.82. The number of hydrogen-bond donors (Lipinski definition) is 1. The molecule has 1 unspecified atom stereocenters. The SMILES string of the molecule is Cc1ccoc1C(O)c1cccc2cnccc12. The molecule has 2 heterocycles. The number of aliphatic hydroxyl groups is 1. The van der Waals surface area contributed by atoms with Gasteiger partial charge in [-0.3, -0.25) is 4.98 Å². The summed E-state index contributed by atoms with van der Waals surface area (Å²) in [4.78, 5) is 4.09. The summed E-state index contributed by atoms with van der Waals surface area (Å²) in [6.07, 6.45) is 4.38. The molecule has 3 nitrogen and oxygen atoms in total. The standard InChI is InChI=1S/C15H13NO2/c1-10-6-8-18-15(10)14(17)13-4-2-3-11-9-16-7-5-12(11)13/h2-9,14,17H,1H3. The van der Waals surface area contributed by atoms with Crippen LogP contribution in [0.4, 0.5) is 0 Å². The van der Waals surface area contributed by atoms with Crippen LogP contribution < -0.4 is 0 Å². The Labute approximate surface area is 105 Å². The second kappa shape index (κ2) is 4.27. The number of aliphatic hydroxyl groups excluding tert-OH is 1. The average Bonchev–Trinajstić information content (AvgIpc) is 2.83. The van der Waals surface area contributed by atoms with Crippen LogP contribution >= 0.6 is 0 Å². The predicted molar refractivity (Wildman–Crippen MR) is 69.2 cm³/mol. The van der Waals surface area contributed by atoms with E-state index >= 15 is 0 Å². The minimum atomic E-state index is -0.744. The lowest BCUT2D eigenvalue weighted by Gasteiger charge is -2.12. The van der Waals surface area contributed by atoms with Crippen molar-refractivity contribution >= 4 is 10.8 Å². The molecule has 0 saturated heterocycles. The molecule has 18 heavy (non-hydrogen) atoms. The van der Waals surface area contributed by atoms with Crippen LogP contribution in [0.15, 0.2) is 53.4 Å². The van der Waals surface area contributed by atoms with Gasteiger partial charge in [0.1, 0.15) is 11.9 Å². The predicted octanol–water partition coefficient (Wildman–Crippen LogP) is 3.22. The van der Waals surface area contributed by atoms with Gasteiger partial charge >= 0.3 is 0 Å². The van der Waals surface area contributed by atoms with E-state index in [2.05, 4.69) is 4.98 Å². The largest absolute Gasteiger partial charge is 0.466 e. The summed E-state index contributed by atoms with van der Waals surface area (Å²) in [5, 5.41) is 12.5. The molecule has 2 aromatic heterocycles. The van der Waals surface area contributed by atoms with Crippen molar-refractivity contribution in [2.45, 2.75) is 13.0 Å².